The van der Waals surface area contributed by atoms with Crippen LogP contribution in [0.2, 0.25) is 0 Å². The summed E-state index contributed by atoms with van der Waals surface area (Å²) in [6.07, 6.45) is 1.37. The van der Waals surface area contributed by atoms with Crippen LogP contribution in [-0.4, -0.2) is 11.4 Å². The quantitative estimate of drug-likeness (QED) is 0.774. The number of nitrogens with one attached hydrogen (secondary N) is 1. The Morgan fingerprint density at radius 2 is 2.29 bits per heavy atom. The van der Waals surface area contributed by atoms with Gasteiger partial charge in [-0.25, -0.2) is 0 Å². The predicted octanol–water partition coefficient (Wildman–Crippen LogP) is 1.62. The second kappa shape index (κ2) is 3.54. The van der Waals surface area contributed by atoms with Gasteiger partial charge in [-0.05, 0) is 26.8 Å². The summed E-state index contributed by atoms with van der Waals surface area (Å²) in [5.41, 5.74) is -0.423. The third-order valence-corrected chi connectivity index (χ3v) is 1.70. The van der Waals surface area contributed by atoms with E-state index in [1.165, 1.54) is 6.26 Å². The summed E-state index contributed by atoms with van der Waals surface area (Å²) in [7, 11) is 0. The van der Waals surface area contributed by atoms with Crippen LogP contribution in [0.15, 0.2) is 16.7 Å². The predicted molar refractivity (Wildman–Crippen MR) is 50.6 cm³/mol. The number of hydrogen-bond acceptors (Lipinski definition) is 3. The number of nitriles is 1. The number of amides is 1. The summed E-state index contributed by atoms with van der Waals surface area (Å²) in [4.78, 5) is 11.5. The SMILES string of the molecule is Cc1cc(C(=O)NC(C)(C)C#N)co1. The minimum Gasteiger partial charge on any atom is -0.469 e. The number of rotatable bonds is 2. The van der Waals surface area contributed by atoms with Crippen molar-refractivity contribution >= 4 is 5.91 Å². The van der Waals surface area contributed by atoms with Crippen LogP contribution in [0.1, 0.15) is 30.0 Å². The summed E-state index contributed by atoms with van der Waals surface area (Å²) < 4.78 is 4.99. The van der Waals surface area contributed by atoms with Crippen LogP contribution in [-0.2, 0) is 0 Å². The highest BCUT2D eigenvalue weighted by atomic mass is 16.3. The molecule has 1 aromatic rings. The van der Waals surface area contributed by atoms with Crippen molar-refractivity contribution in [2.45, 2.75) is 26.3 Å². The van der Waals surface area contributed by atoms with Gasteiger partial charge in [-0.1, -0.05) is 0 Å². The Morgan fingerprint density at radius 1 is 1.64 bits per heavy atom. The molecule has 1 aromatic heterocycles. The van der Waals surface area contributed by atoms with E-state index in [4.69, 9.17) is 9.68 Å². The number of aryl methyl sites for hydroxylation is 1. The first-order valence-electron chi connectivity index (χ1n) is 4.23. The monoisotopic (exact) mass is 192 g/mol. The van der Waals surface area contributed by atoms with Crippen LogP contribution in [0, 0.1) is 18.3 Å². The summed E-state index contributed by atoms with van der Waals surface area (Å²) in [5.74, 6) is 0.373. The van der Waals surface area contributed by atoms with Gasteiger partial charge < -0.3 is 9.73 Å². The van der Waals surface area contributed by atoms with E-state index >= 15 is 0 Å². The number of hydrogen-bond donors (Lipinski definition) is 1. The second-order valence-corrected chi connectivity index (χ2v) is 3.64. The van der Waals surface area contributed by atoms with Crippen molar-refractivity contribution in [1.82, 2.24) is 5.32 Å². The molecule has 0 saturated carbocycles. The van der Waals surface area contributed by atoms with Crippen molar-refractivity contribution in [1.29, 1.82) is 5.26 Å². The van der Waals surface area contributed by atoms with Crippen molar-refractivity contribution in [3.63, 3.8) is 0 Å². The molecule has 4 nitrogen and oxygen atoms in total. The lowest BCUT2D eigenvalue weighted by atomic mass is 10.1. The molecule has 1 N–H and O–H groups in total. The van der Waals surface area contributed by atoms with E-state index in [0.29, 0.717) is 11.3 Å². The summed E-state index contributed by atoms with van der Waals surface area (Å²) in [6.45, 7) is 5.03. The van der Waals surface area contributed by atoms with Gasteiger partial charge in [0.2, 0.25) is 0 Å². The zero-order chi connectivity index (χ0) is 10.8. The van der Waals surface area contributed by atoms with Crippen LogP contribution >= 0.6 is 0 Å². The highest BCUT2D eigenvalue weighted by molar-refractivity contribution is 5.94. The van der Waals surface area contributed by atoms with Gasteiger partial charge in [0.25, 0.3) is 5.91 Å². The van der Waals surface area contributed by atoms with Crippen molar-refractivity contribution in [2.75, 3.05) is 0 Å². The van der Waals surface area contributed by atoms with Crippen LogP contribution in [0.4, 0.5) is 0 Å². The van der Waals surface area contributed by atoms with Crippen LogP contribution in [0.3, 0.4) is 0 Å². The molecule has 0 aliphatic rings. The van der Waals surface area contributed by atoms with E-state index in [1.54, 1.807) is 26.8 Å². The van der Waals surface area contributed by atoms with Gasteiger partial charge in [0.1, 0.15) is 17.6 Å². The lowest BCUT2D eigenvalue weighted by Gasteiger charge is -2.16. The van der Waals surface area contributed by atoms with Crippen molar-refractivity contribution in [3.05, 3.63) is 23.7 Å². The Kier molecular flexibility index (Phi) is 2.61. The van der Waals surface area contributed by atoms with Gasteiger partial charge in [-0.3, -0.25) is 4.79 Å². The minimum atomic E-state index is -0.859. The fourth-order valence-electron chi connectivity index (χ4n) is 0.946. The van der Waals surface area contributed by atoms with Crippen molar-refractivity contribution < 1.29 is 9.21 Å². The molecule has 1 rings (SSSR count). The largest absolute Gasteiger partial charge is 0.469 e. The Bertz CT molecular complexity index is 385. The van der Waals surface area contributed by atoms with Gasteiger partial charge in [-0.2, -0.15) is 5.26 Å². The second-order valence-electron chi connectivity index (χ2n) is 3.64. The molecule has 74 valence electrons. The molecule has 0 radical (unpaired) electrons. The first-order chi connectivity index (χ1) is 6.44. The molecule has 0 unspecified atom stereocenters. The summed E-state index contributed by atoms with van der Waals surface area (Å²) in [6, 6.07) is 3.61. The fourth-order valence-corrected chi connectivity index (χ4v) is 0.946. The maximum absolute atomic E-state index is 11.5. The normalized spacial score (nSPS) is 10.7. The van der Waals surface area contributed by atoms with Crippen molar-refractivity contribution in [2.24, 2.45) is 0 Å². The van der Waals surface area contributed by atoms with Gasteiger partial charge in [0.15, 0.2) is 0 Å². The van der Waals surface area contributed by atoms with Crippen molar-refractivity contribution in [3.8, 4) is 6.07 Å². The van der Waals surface area contributed by atoms with Gasteiger partial charge in [0, 0.05) is 0 Å². The molecular formula is C10H12N2O2. The minimum absolute atomic E-state index is 0.298. The molecule has 1 heterocycles. The first-order valence-corrected chi connectivity index (χ1v) is 4.23. The molecule has 0 atom stereocenters. The van der Waals surface area contributed by atoms with E-state index in [9.17, 15) is 4.79 Å². The molecule has 0 saturated heterocycles. The number of furan rings is 1. The van der Waals surface area contributed by atoms with E-state index in [-0.39, 0.29) is 5.91 Å². The molecule has 4 heteroatoms. The molecule has 0 aliphatic carbocycles. The zero-order valence-electron chi connectivity index (χ0n) is 8.42. The van der Waals surface area contributed by atoms with E-state index < -0.39 is 5.54 Å². The Hall–Kier alpha value is -1.76. The molecule has 0 fully saturated rings. The lowest BCUT2D eigenvalue weighted by Crippen LogP contribution is -2.41. The maximum Gasteiger partial charge on any atom is 0.255 e. The Morgan fingerprint density at radius 3 is 2.71 bits per heavy atom. The molecule has 1 amide bonds. The highest BCUT2D eigenvalue weighted by Gasteiger charge is 2.20. The van der Waals surface area contributed by atoms with E-state index in [0.717, 1.165) is 0 Å². The molecule has 0 spiro atoms. The average molecular weight is 192 g/mol. The maximum atomic E-state index is 11.5. The fraction of sp³-hybridized carbons (Fsp3) is 0.400. The topological polar surface area (TPSA) is 66.0 Å². The molecule has 0 aromatic carbocycles. The van der Waals surface area contributed by atoms with E-state index in [1.807, 2.05) is 6.07 Å². The average Bonchev–Trinajstić information content (AvgIpc) is 2.51. The number of nitrogens with zero attached hydrogens (tertiary/aromatic N) is 1. The lowest BCUT2D eigenvalue weighted by molar-refractivity contribution is 0.0928. The highest BCUT2D eigenvalue weighted by Crippen LogP contribution is 2.08. The summed E-state index contributed by atoms with van der Waals surface area (Å²) in [5, 5.41) is 11.3. The first kappa shape index (κ1) is 10.3. The molecule has 14 heavy (non-hydrogen) atoms. The zero-order valence-corrected chi connectivity index (χ0v) is 8.42. The summed E-state index contributed by atoms with van der Waals surface area (Å²) >= 11 is 0. The molecule has 0 bridgehead atoms. The third kappa shape index (κ3) is 2.36. The van der Waals surface area contributed by atoms with Gasteiger partial charge >= 0.3 is 0 Å². The Balaban J connectivity index is 2.74. The van der Waals surface area contributed by atoms with E-state index in [2.05, 4.69) is 5.32 Å². The molecular weight excluding hydrogens is 180 g/mol. The van der Waals surface area contributed by atoms with Crippen LogP contribution < -0.4 is 5.32 Å². The standard InChI is InChI=1S/C10H12N2O2/c1-7-4-8(5-14-7)9(13)12-10(2,3)6-11/h4-5H,1-3H3,(H,12,13). The third-order valence-electron chi connectivity index (χ3n) is 1.70. The van der Waals surface area contributed by atoms with Crippen LogP contribution in [0.5, 0.6) is 0 Å². The van der Waals surface area contributed by atoms with Gasteiger partial charge in [-0.15, -0.1) is 0 Å². The van der Waals surface area contributed by atoms with Gasteiger partial charge in [0.05, 0.1) is 11.6 Å². The Labute approximate surface area is 82.5 Å². The van der Waals surface area contributed by atoms with Crippen LogP contribution in [0.25, 0.3) is 0 Å². The number of carbonyl (C=O) groups is 1. The molecule has 0 aliphatic heterocycles. The smallest absolute Gasteiger partial charge is 0.255 e. The number of carbonyl (C=O) groups excluding carboxylic acids is 1.